The smallest absolute Gasteiger partial charge is 0.418 e. The van der Waals surface area contributed by atoms with Crippen LogP contribution in [0, 0.1) is 116 Å². The van der Waals surface area contributed by atoms with Crippen LogP contribution < -0.4 is 10.6 Å². The summed E-state index contributed by atoms with van der Waals surface area (Å²) in [6, 6.07) is 14.3. The van der Waals surface area contributed by atoms with E-state index >= 15 is 0 Å². The molecule has 0 aromatic heterocycles. The van der Waals surface area contributed by atoms with Crippen LogP contribution in [0.3, 0.4) is 0 Å². The van der Waals surface area contributed by atoms with Gasteiger partial charge in [0.15, 0.2) is 0 Å². The van der Waals surface area contributed by atoms with Crippen LogP contribution in [-0.4, -0.2) is 23.2 Å². The SMILES string of the molecule is Cc1cc(C)cc(P(c2cc(C)cc(C)c2)C(C)[C]2[CH][CH][CH][C]2P(C(C)(C)C)C(C)(C)C)c1.F[B-](F)(F)F.[CH]1[CH]CC[CH][CH]CC1.[CH]1[CH][CH][CH][CH]1.[Fe+2].[Rh+2]. The van der Waals surface area contributed by atoms with Gasteiger partial charge in [-0.3, -0.25) is 0 Å². The van der Waals surface area contributed by atoms with Crippen molar-refractivity contribution >= 4 is 33.7 Å². The van der Waals surface area contributed by atoms with Gasteiger partial charge >= 0.3 is 43.8 Å². The van der Waals surface area contributed by atoms with E-state index in [1.807, 2.05) is 32.1 Å². The van der Waals surface area contributed by atoms with Crippen LogP contribution in [0.15, 0.2) is 36.4 Å². The van der Waals surface area contributed by atoms with Gasteiger partial charge in [-0.2, -0.15) is 0 Å². The third-order valence-corrected chi connectivity index (χ3v) is 14.4. The normalized spacial score (nSPS) is 17.8. The van der Waals surface area contributed by atoms with Crippen molar-refractivity contribution in [3.63, 3.8) is 0 Å². The minimum Gasteiger partial charge on any atom is -0.418 e. The third-order valence-electron chi connectivity index (χ3n) is 8.10. The Morgan fingerprint density at radius 3 is 1.13 bits per heavy atom. The molecule has 0 amide bonds. The fourth-order valence-corrected chi connectivity index (χ4v) is 14.2. The topological polar surface area (TPSA) is 0 Å². The molecule has 0 N–H and O–H groups in total. The largest absolute Gasteiger partial charge is 2.00 e. The maximum absolute atomic E-state index is 9.75. The van der Waals surface area contributed by atoms with Crippen LogP contribution in [0.5, 0.6) is 0 Å². The zero-order chi connectivity index (χ0) is 38.4. The molecule has 0 heterocycles. The molecule has 1 atom stereocenters. The summed E-state index contributed by atoms with van der Waals surface area (Å²) in [6.45, 7) is 26.0. The average molecular weight is 896 g/mol. The summed E-state index contributed by atoms with van der Waals surface area (Å²) >= 11 is 0. The van der Waals surface area contributed by atoms with E-state index in [9.17, 15) is 17.3 Å². The van der Waals surface area contributed by atoms with E-state index in [4.69, 9.17) is 0 Å². The average Bonchev–Trinajstić information content (AvgIpc) is 3.66. The molecular weight excluding hydrogens is 836 g/mol. The maximum Gasteiger partial charge on any atom is 2.00 e. The van der Waals surface area contributed by atoms with E-state index in [0.29, 0.717) is 5.66 Å². The summed E-state index contributed by atoms with van der Waals surface area (Å²) in [5, 5.41) is 3.53. The zero-order valence-corrected chi connectivity index (χ0v) is 38.0. The number of hydrogen-bond donors (Lipinski definition) is 0. The second-order valence-corrected chi connectivity index (χ2v) is 21.7. The number of rotatable bonds is 5. The Hall–Kier alpha value is 0.228. The van der Waals surface area contributed by atoms with E-state index in [2.05, 4.69) is 158 Å². The first-order chi connectivity index (χ1) is 23.7. The molecule has 0 saturated heterocycles. The van der Waals surface area contributed by atoms with Gasteiger partial charge in [-0.1, -0.05) is 115 Å². The Morgan fingerprint density at radius 2 is 0.849 bits per heavy atom. The second kappa shape index (κ2) is 25.6. The molecule has 2 aromatic rings. The Labute approximate surface area is 350 Å². The molecular formula is C44H60BF4FeP2Rh+3. The van der Waals surface area contributed by atoms with Gasteiger partial charge in [0, 0.05) is 5.66 Å². The third kappa shape index (κ3) is 21.0. The van der Waals surface area contributed by atoms with E-state index in [1.165, 1.54) is 58.5 Å². The first-order valence-corrected chi connectivity index (χ1v) is 20.8. The summed E-state index contributed by atoms with van der Waals surface area (Å²) in [4.78, 5) is 0. The van der Waals surface area contributed by atoms with Crippen molar-refractivity contribution in [3.8, 4) is 0 Å². The van der Waals surface area contributed by atoms with E-state index in [0.717, 1.165) is 0 Å². The van der Waals surface area contributed by atoms with Crippen molar-refractivity contribution in [1.82, 2.24) is 0 Å². The van der Waals surface area contributed by atoms with Gasteiger partial charge in [-0.15, -0.1) is 0 Å². The Kier molecular flexibility index (Phi) is 25.7. The van der Waals surface area contributed by atoms with E-state index in [-0.39, 0.29) is 54.8 Å². The Balaban J connectivity index is 0.00000110. The molecule has 1 unspecified atom stereocenters. The molecule has 3 fully saturated rings. The summed E-state index contributed by atoms with van der Waals surface area (Å²) in [5.74, 6) is 1.57. The molecule has 3 aliphatic rings. The van der Waals surface area contributed by atoms with Crippen molar-refractivity contribution in [1.29, 1.82) is 0 Å². The van der Waals surface area contributed by atoms with Gasteiger partial charge in [-0.05, 0) is 171 Å². The van der Waals surface area contributed by atoms with Crippen molar-refractivity contribution in [2.75, 3.05) is 0 Å². The molecule has 15 radical (unpaired) electrons. The Bertz CT molecular complexity index is 1150. The zero-order valence-electron chi connectivity index (χ0n) is 33.5. The standard InChI is InChI=1S/C31H43P2.C8H12.C5H5.BF4.Fe.Rh/c1-21-15-22(2)18-26(17-21)32(27-19-23(3)16-24(4)20-27)25(5)28-13-12-14-29(28)33(30(6,7)8)31(9,10)11;1-2-4-6-8-7-5-3-1;1-2-4-5-3-1;2-1(3,4)5;;/h12-20,25H,1-11H3;1-2,7-8H,3-6H2;1-5H;;;/q;;;-1;2*+2. The number of benzene rings is 2. The quantitative estimate of drug-likeness (QED) is 0.159. The van der Waals surface area contributed by atoms with Crippen LogP contribution in [0.1, 0.15) is 96.4 Å². The first-order valence-electron chi connectivity index (χ1n) is 18.0. The fraction of sp³-hybridized carbons (Fsp3) is 0.409. The molecule has 0 nitrogen and oxygen atoms in total. The summed E-state index contributed by atoms with van der Waals surface area (Å²) in [5.41, 5.74) is 7.53. The monoisotopic (exact) mass is 896 g/mol. The van der Waals surface area contributed by atoms with E-state index in [1.54, 1.807) is 11.6 Å². The van der Waals surface area contributed by atoms with Gasteiger partial charge in [0.05, 0.1) is 0 Å². The molecule has 53 heavy (non-hydrogen) atoms. The van der Waals surface area contributed by atoms with Gasteiger partial charge in [0.2, 0.25) is 0 Å². The predicted molar refractivity (Wildman–Crippen MR) is 221 cm³/mol. The molecule has 291 valence electrons. The maximum atomic E-state index is 9.75. The number of aryl methyl sites for hydroxylation is 4. The molecule has 3 saturated carbocycles. The molecule has 0 aliphatic heterocycles. The van der Waals surface area contributed by atoms with Gasteiger partial charge in [-0.25, -0.2) is 0 Å². The molecule has 5 rings (SSSR count). The molecule has 2 aromatic carbocycles. The van der Waals surface area contributed by atoms with Gasteiger partial charge in [0.25, 0.3) is 0 Å². The molecule has 9 heteroatoms. The van der Waals surface area contributed by atoms with Crippen molar-refractivity contribution < 1.29 is 53.8 Å². The predicted octanol–water partition coefficient (Wildman–Crippen LogP) is 13.2. The van der Waals surface area contributed by atoms with Crippen LogP contribution in [-0.2, 0) is 36.5 Å². The number of hydrogen-bond acceptors (Lipinski definition) is 0. The number of halogens is 4. The van der Waals surface area contributed by atoms with Crippen LogP contribution in [0.4, 0.5) is 17.3 Å². The van der Waals surface area contributed by atoms with Crippen molar-refractivity contribution in [3.05, 3.63) is 147 Å². The van der Waals surface area contributed by atoms with Gasteiger partial charge in [0.1, 0.15) is 0 Å². The van der Waals surface area contributed by atoms with Crippen molar-refractivity contribution in [2.24, 2.45) is 0 Å². The van der Waals surface area contributed by atoms with Crippen molar-refractivity contribution in [2.45, 2.75) is 118 Å². The minimum absolute atomic E-state index is 0. The Morgan fingerprint density at radius 1 is 0.547 bits per heavy atom. The summed E-state index contributed by atoms with van der Waals surface area (Å²) in [7, 11) is -6.86. The molecule has 0 spiro atoms. The van der Waals surface area contributed by atoms with Crippen LogP contribution in [0.2, 0.25) is 0 Å². The fourth-order valence-electron chi connectivity index (χ4n) is 6.80. The van der Waals surface area contributed by atoms with Gasteiger partial charge < -0.3 is 17.3 Å². The molecule has 3 aliphatic carbocycles. The van der Waals surface area contributed by atoms with E-state index < -0.39 is 15.2 Å². The first kappa shape index (κ1) is 53.2. The summed E-state index contributed by atoms with van der Waals surface area (Å²) < 4.78 is 39.0. The summed E-state index contributed by atoms with van der Waals surface area (Å²) in [6.07, 6.45) is 31.2. The van der Waals surface area contributed by atoms with Crippen LogP contribution in [0.25, 0.3) is 0 Å². The second-order valence-electron chi connectivity index (χ2n) is 15.3. The molecule has 0 bridgehead atoms. The van der Waals surface area contributed by atoms with Crippen LogP contribution >= 0.6 is 15.8 Å². The minimum atomic E-state index is -6.00.